The molecule has 1 saturated heterocycles. The zero-order chi connectivity index (χ0) is 16.2. The predicted octanol–water partition coefficient (Wildman–Crippen LogP) is 4.36. The molecule has 1 aromatic carbocycles. The van der Waals surface area contributed by atoms with E-state index in [1.165, 1.54) is 19.3 Å². The molecule has 0 amide bonds. The normalized spacial score (nSPS) is 23.0. The number of aryl methyl sites for hydroxylation is 1. The average Bonchev–Trinajstić information content (AvgIpc) is 2.86. The summed E-state index contributed by atoms with van der Waals surface area (Å²) in [7, 11) is -3.35. The average molecular weight is 324 g/mol. The van der Waals surface area contributed by atoms with Gasteiger partial charge in [0.05, 0.1) is 4.90 Å². The van der Waals surface area contributed by atoms with Crippen LogP contribution in [-0.2, 0) is 10.0 Å². The van der Waals surface area contributed by atoms with Gasteiger partial charge in [-0.15, -0.1) is 0 Å². The number of rotatable bonds is 7. The summed E-state index contributed by atoms with van der Waals surface area (Å²) in [5.74, 6) is 0.455. The smallest absolute Gasteiger partial charge is 0.207 e. The minimum absolute atomic E-state index is 0.179. The molecule has 2 rings (SSSR count). The summed E-state index contributed by atoms with van der Waals surface area (Å²) < 4.78 is 27.6. The minimum atomic E-state index is -3.35. The largest absolute Gasteiger partial charge is 0.243 e. The van der Waals surface area contributed by atoms with Gasteiger partial charge in [-0.3, -0.25) is 0 Å². The van der Waals surface area contributed by atoms with E-state index in [1.807, 2.05) is 19.1 Å². The van der Waals surface area contributed by atoms with Crippen LogP contribution < -0.4 is 0 Å². The van der Waals surface area contributed by atoms with Crippen molar-refractivity contribution in [1.29, 1.82) is 0 Å². The second-order valence-corrected chi connectivity index (χ2v) is 8.62. The van der Waals surface area contributed by atoms with Gasteiger partial charge in [-0.25, -0.2) is 8.42 Å². The van der Waals surface area contributed by atoms with E-state index < -0.39 is 10.0 Å². The van der Waals surface area contributed by atoms with Crippen molar-refractivity contribution >= 4 is 10.0 Å². The molecule has 1 aliphatic heterocycles. The number of sulfonamides is 1. The molecule has 1 fully saturated rings. The highest BCUT2D eigenvalue weighted by atomic mass is 32.2. The van der Waals surface area contributed by atoms with Crippen LogP contribution in [0.3, 0.4) is 0 Å². The van der Waals surface area contributed by atoms with Crippen LogP contribution in [0.2, 0.25) is 0 Å². The fourth-order valence-corrected chi connectivity index (χ4v) is 5.11. The fraction of sp³-hybridized carbons (Fsp3) is 0.667. The lowest BCUT2D eigenvalue weighted by molar-refractivity contribution is 0.359. The maximum atomic E-state index is 12.9. The topological polar surface area (TPSA) is 37.4 Å². The Morgan fingerprint density at radius 1 is 1.14 bits per heavy atom. The molecule has 0 spiro atoms. The Labute approximate surface area is 135 Å². The van der Waals surface area contributed by atoms with Crippen molar-refractivity contribution in [3.05, 3.63) is 29.8 Å². The van der Waals surface area contributed by atoms with Gasteiger partial charge in [0, 0.05) is 12.6 Å². The standard InChI is InChI=1S/C18H29NO2S/c1-4-5-6-7-8-17-13-16(3)14-19(17)22(20,21)18-11-9-15(2)10-12-18/h9-12,16-17H,4-8,13-14H2,1-3H3/t16-,17+/m0/s1. The molecule has 124 valence electrons. The number of hydrogen-bond acceptors (Lipinski definition) is 2. The highest BCUT2D eigenvalue weighted by molar-refractivity contribution is 7.89. The van der Waals surface area contributed by atoms with Crippen LogP contribution in [0.5, 0.6) is 0 Å². The third kappa shape index (κ3) is 4.11. The second kappa shape index (κ2) is 7.60. The molecular weight excluding hydrogens is 294 g/mol. The number of unbranched alkanes of at least 4 members (excludes halogenated alkanes) is 3. The Kier molecular flexibility index (Phi) is 6.04. The quantitative estimate of drug-likeness (QED) is 0.699. The molecule has 0 unspecified atom stereocenters. The van der Waals surface area contributed by atoms with E-state index in [0.717, 1.165) is 24.8 Å². The molecule has 4 heteroatoms. The molecule has 1 heterocycles. The van der Waals surface area contributed by atoms with Crippen molar-refractivity contribution < 1.29 is 8.42 Å². The monoisotopic (exact) mass is 323 g/mol. The third-order valence-corrected chi connectivity index (χ3v) is 6.52. The first-order valence-corrected chi connectivity index (χ1v) is 9.97. The molecule has 22 heavy (non-hydrogen) atoms. The molecule has 0 aromatic heterocycles. The van der Waals surface area contributed by atoms with Gasteiger partial charge in [0.2, 0.25) is 10.0 Å². The van der Waals surface area contributed by atoms with Crippen LogP contribution >= 0.6 is 0 Å². The number of hydrogen-bond donors (Lipinski definition) is 0. The maximum Gasteiger partial charge on any atom is 0.243 e. The van der Waals surface area contributed by atoms with Gasteiger partial charge in [-0.1, -0.05) is 57.2 Å². The van der Waals surface area contributed by atoms with Crippen LogP contribution in [0.25, 0.3) is 0 Å². The Balaban J connectivity index is 2.11. The van der Waals surface area contributed by atoms with Gasteiger partial charge in [0.15, 0.2) is 0 Å². The van der Waals surface area contributed by atoms with Gasteiger partial charge >= 0.3 is 0 Å². The zero-order valence-corrected chi connectivity index (χ0v) is 14.9. The van der Waals surface area contributed by atoms with Crippen molar-refractivity contribution in [2.75, 3.05) is 6.54 Å². The van der Waals surface area contributed by atoms with Crippen LogP contribution in [0.4, 0.5) is 0 Å². The van der Waals surface area contributed by atoms with Crippen molar-refractivity contribution in [3.63, 3.8) is 0 Å². The molecule has 0 N–H and O–H groups in total. The minimum Gasteiger partial charge on any atom is -0.207 e. The number of benzene rings is 1. The first kappa shape index (κ1) is 17.5. The summed E-state index contributed by atoms with van der Waals surface area (Å²) in [5, 5.41) is 0. The van der Waals surface area contributed by atoms with Crippen LogP contribution in [0.15, 0.2) is 29.2 Å². The molecular formula is C18H29NO2S. The second-order valence-electron chi connectivity index (χ2n) is 6.73. The summed E-state index contributed by atoms with van der Waals surface area (Å²) in [5.41, 5.74) is 1.09. The third-order valence-electron chi connectivity index (χ3n) is 4.59. The van der Waals surface area contributed by atoms with E-state index in [9.17, 15) is 8.42 Å². The highest BCUT2D eigenvalue weighted by Gasteiger charge is 2.37. The van der Waals surface area contributed by atoms with E-state index in [0.29, 0.717) is 17.4 Å². The highest BCUT2D eigenvalue weighted by Crippen LogP contribution is 2.32. The summed E-state index contributed by atoms with van der Waals surface area (Å²) in [6, 6.07) is 7.41. The van der Waals surface area contributed by atoms with Gasteiger partial charge in [-0.05, 0) is 37.8 Å². The Morgan fingerprint density at radius 3 is 2.45 bits per heavy atom. The summed E-state index contributed by atoms with van der Waals surface area (Å²) in [6.07, 6.45) is 6.79. The molecule has 0 aliphatic carbocycles. The van der Waals surface area contributed by atoms with Crippen molar-refractivity contribution in [2.24, 2.45) is 5.92 Å². The van der Waals surface area contributed by atoms with Crippen LogP contribution in [0, 0.1) is 12.8 Å². The van der Waals surface area contributed by atoms with Crippen molar-refractivity contribution in [1.82, 2.24) is 4.31 Å². The van der Waals surface area contributed by atoms with Crippen LogP contribution in [0.1, 0.15) is 57.9 Å². The van der Waals surface area contributed by atoms with E-state index in [-0.39, 0.29) is 6.04 Å². The maximum absolute atomic E-state index is 12.9. The van der Waals surface area contributed by atoms with E-state index in [1.54, 1.807) is 16.4 Å². The Bertz CT molecular complexity index is 565. The molecule has 2 atom stereocenters. The molecule has 0 saturated carbocycles. The van der Waals surface area contributed by atoms with Crippen LogP contribution in [-0.4, -0.2) is 25.3 Å². The molecule has 1 aliphatic rings. The SMILES string of the molecule is CCCCCC[C@@H]1C[C@H](C)CN1S(=O)(=O)c1ccc(C)cc1. The molecule has 0 radical (unpaired) electrons. The fourth-order valence-electron chi connectivity index (χ4n) is 3.32. The lowest BCUT2D eigenvalue weighted by Crippen LogP contribution is -2.35. The molecule has 0 bridgehead atoms. The summed E-state index contributed by atoms with van der Waals surface area (Å²) in [4.78, 5) is 0.436. The first-order valence-electron chi connectivity index (χ1n) is 8.53. The van der Waals surface area contributed by atoms with E-state index >= 15 is 0 Å². The van der Waals surface area contributed by atoms with Gasteiger partial charge in [-0.2, -0.15) is 4.31 Å². The van der Waals surface area contributed by atoms with Gasteiger partial charge in [0.1, 0.15) is 0 Å². The Morgan fingerprint density at radius 2 is 1.82 bits per heavy atom. The predicted molar refractivity (Wildman–Crippen MR) is 91.4 cm³/mol. The van der Waals surface area contributed by atoms with E-state index in [2.05, 4.69) is 13.8 Å². The van der Waals surface area contributed by atoms with Crippen molar-refractivity contribution in [2.45, 2.75) is 70.2 Å². The molecule has 3 nitrogen and oxygen atoms in total. The number of nitrogens with zero attached hydrogens (tertiary/aromatic N) is 1. The molecule has 1 aromatic rings. The zero-order valence-electron chi connectivity index (χ0n) is 14.1. The van der Waals surface area contributed by atoms with E-state index in [4.69, 9.17) is 0 Å². The van der Waals surface area contributed by atoms with Gasteiger partial charge < -0.3 is 0 Å². The van der Waals surface area contributed by atoms with Crippen molar-refractivity contribution in [3.8, 4) is 0 Å². The summed E-state index contributed by atoms with van der Waals surface area (Å²) >= 11 is 0. The Hall–Kier alpha value is -0.870. The lowest BCUT2D eigenvalue weighted by atomic mass is 10.0. The summed E-state index contributed by atoms with van der Waals surface area (Å²) in [6.45, 7) is 7.00. The lowest BCUT2D eigenvalue weighted by Gasteiger charge is -2.24. The first-order chi connectivity index (χ1) is 10.4. The van der Waals surface area contributed by atoms with Gasteiger partial charge in [0.25, 0.3) is 0 Å².